The lowest BCUT2D eigenvalue weighted by atomic mass is 10.5. The maximum Gasteiger partial charge on any atom is 0.0428 e. The van der Waals surface area contributed by atoms with Crippen molar-refractivity contribution < 1.29 is 10.6 Å². The van der Waals surface area contributed by atoms with E-state index in [1.807, 2.05) is 6.92 Å². The van der Waals surface area contributed by atoms with E-state index in [2.05, 4.69) is 0 Å². The maximum atomic E-state index is 7.88. The standard InChI is InChI=1S/C3H8O.2H3N.H2O/c1-2-3-4;;;/h4H,2-3H2,1H3;2*1H3;1H2. The molecule has 0 aromatic carbocycles. The lowest BCUT2D eigenvalue weighted by Gasteiger charge is -1.69. The highest BCUT2D eigenvalue weighted by molar-refractivity contribution is 4.10. The number of aliphatic hydroxyl groups excluding tert-OH is 1. The third-order valence-corrected chi connectivity index (χ3v) is 0.224. The predicted molar refractivity (Wildman–Crippen MR) is 31.0 cm³/mol. The zero-order valence-corrected chi connectivity index (χ0v) is 4.78. The van der Waals surface area contributed by atoms with Crippen molar-refractivity contribution in [2.24, 2.45) is 0 Å². The molecule has 0 rings (SSSR count). The molecule has 0 unspecified atom stereocenters. The SMILES string of the molecule is CCCO.N.N.O. The Morgan fingerprint density at radius 1 is 1.29 bits per heavy atom. The Bertz CT molecular complexity index is 12.9. The monoisotopic (exact) mass is 112 g/mol. The van der Waals surface area contributed by atoms with Crippen LogP contribution in [-0.4, -0.2) is 17.2 Å². The molecule has 0 radical (unpaired) electrons. The first-order valence-corrected chi connectivity index (χ1v) is 1.52. The third-order valence-electron chi connectivity index (χ3n) is 0.224. The molecule has 9 N–H and O–H groups in total. The summed E-state index contributed by atoms with van der Waals surface area (Å²) in [7, 11) is 0. The van der Waals surface area contributed by atoms with Crippen LogP contribution in [-0.2, 0) is 0 Å². The largest absolute Gasteiger partial charge is 0.412 e. The Kier molecular flexibility index (Phi) is 167. The number of hydrogen-bond donors (Lipinski definition) is 3. The molecule has 0 heterocycles. The molecule has 0 saturated carbocycles. The van der Waals surface area contributed by atoms with Gasteiger partial charge in [-0.1, -0.05) is 6.92 Å². The summed E-state index contributed by atoms with van der Waals surface area (Å²) in [5.74, 6) is 0. The van der Waals surface area contributed by atoms with E-state index in [-0.39, 0.29) is 17.8 Å². The Labute approximate surface area is 44.0 Å². The average molecular weight is 112 g/mol. The second kappa shape index (κ2) is 40.4. The van der Waals surface area contributed by atoms with Gasteiger partial charge in [-0.3, -0.25) is 0 Å². The average Bonchev–Trinajstić information content (AvgIpc) is 1.37. The van der Waals surface area contributed by atoms with Crippen LogP contribution in [0.1, 0.15) is 13.3 Å². The van der Waals surface area contributed by atoms with Crippen molar-refractivity contribution >= 4 is 0 Å². The van der Waals surface area contributed by atoms with E-state index >= 15 is 0 Å². The number of rotatable bonds is 1. The highest BCUT2D eigenvalue weighted by Gasteiger charge is 1.57. The van der Waals surface area contributed by atoms with Crippen LogP contribution in [0.25, 0.3) is 0 Å². The van der Waals surface area contributed by atoms with Crippen molar-refractivity contribution in [1.82, 2.24) is 12.3 Å². The van der Waals surface area contributed by atoms with Gasteiger partial charge in [0.15, 0.2) is 0 Å². The zero-order valence-electron chi connectivity index (χ0n) is 4.78. The van der Waals surface area contributed by atoms with E-state index in [9.17, 15) is 0 Å². The smallest absolute Gasteiger partial charge is 0.0428 e. The fraction of sp³-hybridized carbons (Fsp3) is 1.00. The Balaban J connectivity index is -0.0000000150. The summed E-state index contributed by atoms with van der Waals surface area (Å²) in [6, 6.07) is 0. The summed E-state index contributed by atoms with van der Waals surface area (Å²) in [6.45, 7) is 2.25. The van der Waals surface area contributed by atoms with Gasteiger partial charge < -0.3 is 22.9 Å². The first-order valence-electron chi connectivity index (χ1n) is 1.52. The van der Waals surface area contributed by atoms with E-state index in [1.54, 1.807) is 0 Å². The molecule has 0 aromatic heterocycles. The first kappa shape index (κ1) is 28.9. The fourth-order valence-electron chi connectivity index (χ4n) is 0. The topological polar surface area (TPSA) is 122 Å². The van der Waals surface area contributed by atoms with Crippen LogP contribution in [0, 0.1) is 0 Å². The molecular weight excluding hydrogens is 96.0 g/mol. The lowest BCUT2D eigenvalue weighted by molar-refractivity contribution is 0.295. The summed E-state index contributed by atoms with van der Waals surface area (Å²) >= 11 is 0. The molecule has 0 aliphatic heterocycles. The first-order chi connectivity index (χ1) is 1.91. The van der Waals surface area contributed by atoms with E-state index < -0.39 is 0 Å². The summed E-state index contributed by atoms with van der Waals surface area (Å²) in [5.41, 5.74) is 0. The minimum Gasteiger partial charge on any atom is -0.412 e. The minimum absolute atomic E-state index is 0. The molecule has 0 spiro atoms. The second-order valence-electron chi connectivity index (χ2n) is 0.724. The van der Waals surface area contributed by atoms with Crippen LogP contribution < -0.4 is 12.3 Å². The van der Waals surface area contributed by atoms with Crippen LogP contribution in [0.2, 0.25) is 0 Å². The fourth-order valence-corrected chi connectivity index (χ4v) is 0. The van der Waals surface area contributed by atoms with Crippen LogP contribution >= 0.6 is 0 Å². The number of aliphatic hydroxyl groups is 1. The van der Waals surface area contributed by atoms with Crippen LogP contribution in [0.4, 0.5) is 0 Å². The highest BCUT2D eigenvalue weighted by atomic mass is 16.2. The molecule has 0 saturated heterocycles. The molecule has 0 aliphatic carbocycles. The Morgan fingerprint density at radius 2 is 1.43 bits per heavy atom. The van der Waals surface area contributed by atoms with Gasteiger partial charge in [-0.05, 0) is 6.42 Å². The molecule has 4 heteroatoms. The molecule has 50 valence electrons. The maximum absolute atomic E-state index is 7.88. The quantitative estimate of drug-likeness (QED) is 0.438. The van der Waals surface area contributed by atoms with E-state index in [1.165, 1.54) is 0 Å². The molecule has 7 heavy (non-hydrogen) atoms. The molecule has 0 aliphatic rings. The van der Waals surface area contributed by atoms with Crippen LogP contribution in [0.3, 0.4) is 0 Å². The zero-order chi connectivity index (χ0) is 3.41. The summed E-state index contributed by atoms with van der Waals surface area (Å²) < 4.78 is 0. The third kappa shape index (κ3) is 122. The van der Waals surface area contributed by atoms with Gasteiger partial charge in [0.05, 0.1) is 0 Å². The van der Waals surface area contributed by atoms with E-state index in [0.717, 1.165) is 6.42 Å². The number of hydrogen-bond acceptors (Lipinski definition) is 3. The summed E-state index contributed by atoms with van der Waals surface area (Å²) in [5, 5.41) is 7.88. The van der Waals surface area contributed by atoms with Crippen LogP contribution in [0.5, 0.6) is 0 Å². The van der Waals surface area contributed by atoms with E-state index in [4.69, 9.17) is 5.11 Å². The van der Waals surface area contributed by atoms with Gasteiger partial charge in [-0.2, -0.15) is 0 Å². The van der Waals surface area contributed by atoms with Gasteiger partial charge in [0.1, 0.15) is 0 Å². The summed E-state index contributed by atoms with van der Waals surface area (Å²) in [6.07, 6.45) is 0.875. The van der Waals surface area contributed by atoms with Gasteiger partial charge in [-0.25, -0.2) is 0 Å². The van der Waals surface area contributed by atoms with Crippen LogP contribution in [0.15, 0.2) is 0 Å². The molecule has 0 aromatic rings. The highest BCUT2D eigenvalue weighted by Crippen LogP contribution is 1.61. The van der Waals surface area contributed by atoms with Crippen molar-refractivity contribution in [1.29, 1.82) is 0 Å². The molecule has 0 amide bonds. The molecular formula is C3H16N2O2. The Hall–Kier alpha value is -0.160. The van der Waals surface area contributed by atoms with Gasteiger partial charge in [0.2, 0.25) is 0 Å². The van der Waals surface area contributed by atoms with Crippen molar-refractivity contribution in [3.8, 4) is 0 Å². The van der Waals surface area contributed by atoms with E-state index in [0.29, 0.717) is 6.61 Å². The van der Waals surface area contributed by atoms with Gasteiger partial charge in [0, 0.05) is 6.61 Å². The van der Waals surface area contributed by atoms with Gasteiger partial charge >= 0.3 is 0 Å². The second-order valence-corrected chi connectivity index (χ2v) is 0.724. The molecule has 0 atom stereocenters. The lowest BCUT2D eigenvalue weighted by Crippen LogP contribution is -1.69. The summed E-state index contributed by atoms with van der Waals surface area (Å²) in [4.78, 5) is 0. The Morgan fingerprint density at radius 3 is 1.43 bits per heavy atom. The van der Waals surface area contributed by atoms with Gasteiger partial charge in [0.25, 0.3) is 0 Å². The predicted octanol–water partition coefficient (Wildman–Crippen LogP) is -0.112. The van der Waals surface area contributed by atoms with Crippen molar-refractivity contribution in [2.75, 3.05) is 6.61 Å². The van der Waals surface area contributed by atoms with Crippen molar-refractivity contribution in [3.63, 3.8) is 0 Å². The van der Waals surface area contributed by atoms with Crippen molar-refractivity contribution in [2.45, 2.75) is 13.3 Å². The molecule has 0 bridgehead atoms. The molecule has 0 fully saturated rings. The van der Waals surface area contributed by atoms with Crippen molar-refractivity contribution in [3.05, 3.63) is 0 Å². The van der Waals surface area contributed by atoms with Gasteiger partial charge in [-0.15, -0.1) is 0 Å². The normalized spacial score (nSPS) is 4.29. The minimum atomic E-state index is 0. The molecule has 4 nitrogen and oxygen atoms in total.